The Morgan fingerprint density at radius 2 is 1.89 bits per heavy atom. The smallest absolute Gasteiger partial charge is 0.276 e. The summed E-state index contributed by atoms with van der Waals surface area (Å²) in [6, 6.07) is 2.83. The lowest BCUT2D eigenvalue weighted by Gasteiger charge is -2.41. The van der Waals surface area contributed by atoms with Gasteiger partial charge >= 0.3 is 0 Å². The fraction of sp³-hybridized carbons (Fsp3) is 0.333. The molecule has 4 heterocycles. The monoisotopic (exact) mass is 702 g/mol. The van der Waals surface area contributed by atoms with Gasteiger partial charge in [0, 0.05) is 38.1 Å². The van der Waals surface area contributed by atoms with Crippen LogP contribution in [0.25, 0.3) is 28.0 Å². The summed E-state index contributed by atoms with van der Waals surface area (Å²) in [7, 11) is 1.86. The van der Waals surface area contributed by atoms with Gasteiger partial charge in [-0.15, -0.1) is 0 Å². The minimum absolute atomic E-state index is 0.00494. The number of benzene rings is 1. The maximum Gasteiger partial charge on any atom is 0.276 e. The maximum atomic E-state index is 15.6. The second-order valence-corrected chi connectivity index (χ2v) is 13.1. The molecular weight excluding hydrogens is 673 g/mol. The highest BCUT2D eigenvalue weighted by Crippen LogP contribution is 2.45. The molecule has 1 saturated heterocycles. The van der Waals surface area contributed by atoms with E-state index in [1.54, 1.807) is 4.90 Å². The van der Waals surface area contributed by atoms with Crippen molar-refractivity contribution < 1.29 is 18.7 Å². The summed E-state index contributed by atoms with van der Waals surface area (Å²) in [5.41, 5.74) is -0.413. The molecule has 1 amide bonds. The quantitative estimate of drug-likeness (QED) is 0.177. The average Bonchev–Trinajstić information content (AvgIpc) is 3.03. The number of phenols is 1. The SMILES string of the molecule is C=CC(=O)N1CCN(c2c(C#N)c(=O)n(C3=C(C)C=CN(C)C3C(C)C)c3nc(-c4c(F)c(O)c(Cl)c(F)c4Cl)c(Cl)cc23)C[C@H]1C. The van der Waals surface area contributed by atoms with Gasteiger partial charge in [0.25, 0.3) is 5.56 Å². The van der Waals surface area contributed by atoms with Gasteiger partial charge in [-0.05, 0) is 49.8 Å². The summed E-state index contributed by atoms with van der Waals surface area (Å²) in [4.78, 5) is 37.1. The number of rotatable bonds is 5. The number of amides is 1. The van der Waals surface area contributed by atoms with Gasteiger partial charge in [0.15, 0.2) is 17.4 Å². The van der Waals surface area contributed by atoms with Crippen molar-refractivity contribution >= 4 is 63.1 Å². The fourth-order valence-corrected chi connectivity index (χ4v) is 7.20. The molecular formula is C33H31Cl3F2N6O3. The van der Waals surface area contributed by atoms with Crippen LogP contribution in [0.15, 0.2) is 41.4 Å². The highest BCUT2D eigenvalue weighted by atomic mass is 35.5. The molecule has 2 atom stereocenters. The number of allylic oxidation sites excluding steroid dienone is 2. The van der Waals surface area contributed by atoms with Crippen molar-refractivity contribution in [2.45, 2.75) is 39.8 Å². The molecule has 246 valence electrons. The van der Waals surface area contributed by atoms with E-state index in [-0.39, 0.29) is 76.5 Å². The highest BCUT2D eigenvalue weighted by Gasteiger charge is 2.35. The number of phenolic OH excluding ortho intramolecular Hbond substituents is 1. The molecule has 0 aliphatic carbocycles. The fourth-order valence-electron chi connectivity index (χ4n) is 6.46. The third-order valence-corrected chi connectivity index (χ3v) is 9.61. The molecule has 14 heteroatoms. The lowest BCUT2D eigenvalue weighted by Crippen LogP contribution is -2.54. The van der Waals surface area contributed by atoms with Crippen molar-refractivity contribution in [3.05, 3.63) is 79.2 Å². The van der Waals surface area contributed by atoms with E-state index in [0.29, 0.717) is 11.3 Å². The Hall–Kier alpha value is -4.11. The number of hydrogen-bond donors (Lipinski definition) is 1. The second kappa shape index (κ2) is 12.8. The molecule has 1 N–H and O–H groups in total. The number of aromatic nitrogens is 2. The molecule has 3 aromatic rings. The van der Waals surface area contributed by atoms with Gasteiger partial charge < -0.3 is 19.8 Å². The molecule has 2 aliphatic heterocycles. The van der Waals surface area contributed by atoms with E-state index in [4.69, 9.17) is 34.8 Å². The van der Waals surface area contributed by atoms with Crippen LogP contribution in [-0.4, -0.2) is 69.1 Å². The van der Waals surface area contributed by atoms with Gasteiger partial charge in [-0.3, -0.25) is 14.2 Å². The zero-order valence-corrected chi connectivity index (χ0v) is 28.5. The Bertz CT molecular complexity index is 1990. The number of pyridine rings is 2. The van der Waals surface area contributed by atoms with Crippen LogP contribution in [0.5, 0.6) is 5.75 Å². The number of carbonyl (C=O) groups is 1. The van der Waals surface area contributed by atoms with Crippen LogP contribution in [-0.2, 0) is 4.79 Å². The Morgan fingerprint density at radius 3 is 2.49 bits per heavy atom. The van der Waals surface area contributed by atoms with Crippen LogP contribution in [0.2, 0.25) is 15.1 Å². The van der Waals surface area contributed by atoms with Gasteiger partial charge in [-0.25, -0.2) is 13.8 Å². The average molecular weight is 704 g/mol. The van der Waals surface area contributed by atoms with E-state index >= 15 is 4.39 Å². The molecule has 0 saturated carbocycles. The zero-order valence-electron chi connectivity index (χ0n) is 26.2. The normalized spacial score (nSPS) is 18.4. The van der Waals surface area contributed by atoms with Crippen molar-refractivity contribution in [3.63, 3.8) is 0 Å². The Labute approximate surface area is 285 Å². The van der Waals surface area contributed by atoms with Crippen molar-refractivity contribution in [2.24, 2.45) is 5.92 Å². The first-order chi connectivity index (χ1) is 22.2. The molecule has 1 fully saturated rings. The van der Waals surface area contributed by atoms with Crippen molar-refractivity contribution in [1.29, 1.82) is 5.26 Å². The first-order valence-electron chi connectivity index (χ1n) is 14.7. The number of fused-ring (bicyclic) bond motifs is 1. The molecule has 0 bridgehead atoms. The van der Waals surface area contributed by atoms with E-state index in [9.17, 15) is 24.3 Å². The molecule has 2 aliphatic rings. The number of nitrogens with zero attached hydrogens (tertiary/aromatic N) is 6. The van der Waals surface area contributed by atoms with Crippen molar-refractivity contribution in [2.75, 3.05) is 31.6 Å². The standard InChI is InChI=1S/C33H31Cl3F2N6O3/c1-7-21(45)43-11-10-42(14-17(43)5)30-18-12-20(34)27(22-23(35)26(38)24(36)31(46)25(22)37)40-32(18)44(33(47)19(30)13-39)29-16(4)8-9-41(6)28(29)15(2)3/h7-9,12,15,17,28,46H,1,10-11,14H2,2-6H3/t17-,28?/m1/s1. The molecule has 47 heavy (non-hydrogen) atoms. The molecule has 0 spiro atoms. The lowest BCUT2D eigenvalue weighted by molar-refractivity contribution is -0.128. The first kappa shape index (κ1) is 34.2. The van der Waals surface area contributed by atoms with E-state index in [1.807, 2.05) is 56.8 Å². The summed E-state index contributed by atoms with van der Waals surface area (Å²) in [5, 5.41) is 19.2. The summed E-state index contributed by atoms with van der Waals surface area (Å²) in [6.07, 6.45) is 4.93. The van der Waals surface area contributed by atoms with Crippen LogP contribution in [0.1, 0.15) is 33.3 Å². The van der Waals surface area contributed by atoms with E-state index in [1.165, 1.54) is 16.7 Å². The zero-order chi connectivity index (χ0) is 34.6. The molecule has 1 unspecified atom stereocenters. The van der Waals surface area contributed by atoms with E-state index in [0.717, 1.165) is 0 Å². The predicted molar refractivity (Wildman–Crippen MR) is 181 cm³/mol. The second-order valence-electron chi connectivity index (χ2n) is 11.9. The largest absolute Gasteiger partial charge is 0.504 e. The first-order valence-corrected chi connectivity index (χ1v) is 15.8. The maximum absolute atomic E-state index is 15.6. The lowest BCUT2D eigenvalue weighted by atomic mass is 9.93. The number of carbonyl (C=O) groups excluding carboxylic acids is 1. The topological polar surface area (TPSA) is 106 Å². The molecule has 9 nitrogen and oxygen atoms in total. The van der Waals surface area contributed by atoms with Crippen LogP contribution >= 0.6 is 34.8 Å². The number of likely N-dealkylation sites (N-methyl/N-ethyl adjacent to an activating group) is 1. The number of hydrogen-bond acceptors (Lipinski definition) is 7. The van der Waals surface area contributed by atoms with Crippen molar-refractivity contribution in [3.8, 4) is 23.1 Å². The number of anilines is 1. The Balaban J connectivity index is 1.92. The van der Waals surface area contributed by atoms with Crippen LogP contribution in [0.3, 0.4) is 0 Å². The van der Waals surface area contributed by atoms with Gasteiger partial charge in [0.1, 0.15) is 22.3 Å². The third-order valence-electron chi connectivity index (χ3n) is 8.62. The van der Waals surface area contributed by atoms with Gasteiger partial charge in [0.05, 0.1) is 38.7 Å². The summed E-state index contributed by atoms with van der Waals surface area (Å²) in [5.74, 6) is -4.10. The minimum atomic E-state index is -1.36. The molecule has 1 aromatic carbocycles. The predicted octanol–water partition coefficient (Wildman–Crippen LogP) is 6.82. The summed E-state index contributed by atoms with van der Waals surface area (Å²) in [6.45, 7) is 12.0. The van der Waals surface area contributed by atoms with Crippen LogP contribution < -0.4 is 10.5 Å². The van der Waals surface area contributed by atoms with E-state index in [2.05, 4.69) is 17.6 Å². The van der Waals surface area contributed by atoms with Crippen LogP contribution in [0.4, 0.5) is 14.5 Å². The molecule has 0 radical (unpaired) electrons. The number of halogens is 5. The number of aromatic hydroxyl groups is 1. The third kappa shape index (κ3) is 5.52. The minimum Gasteiger partial charge on any atom is -0.504 e. The number of piperazine rings is 1. The molecule has 5 rings (SSSR count). The Morgan fingerprint density at radius 1 is 1.21 bits per heavy atom. The van der Waals surface area contributed by atoms with Crippen LogP contribution in [0, 0.1) is 28.9 Å². The van der Waals surface area contributed by atoms with Gasteiger partial charge in [0.2, 0.25) is 5.91 Å². The van der Waals surface area contributed by atoms with Gasteiger partial charge in [-0.1, -0.05) is 55.2 Å². The van der Waals surface area contributed by atoms with Gasteiger partial charge in [-0.2, -0.15) is 5.26 Å². The highest BCUT2D eigenvalue weighted by molar-refractivity contribution is 6.39. The van der Waals surface area contributed by atoms with Crippen molar-refractivity contribution in [1.82, 2.24) is 19.4 Å². The summed E-state index contributed by atoms with van der Waals surface area (Å²) < 4.78 is 31.9. The molecule has 2 aromatic heterocycles. The number of nitriles is 1. The summed E-state index contributed by atoms with van der Waals surface area (Å²) >= 11 is 18.7. The Kier molecular flexibility index (Phi) is 9.34. The van der Waals surface area contributed by atoms with E-state index < -0.39 is 38.6 Å².